The normalized spacial score (nSPS) is 10.9. The van der Waals surface area contributed by atoms with Crippen LogP contribution < -0.4 is 15.4 Å². The molecule has 0 amide bonds. The van der Waals surface area contributed by atoms with E-state index in [9.17, 15) is 0 Å². The first-order valence-corrected chi connectivity index (χ1v) is 7.19. The molecule has 0 spiro atoms. The van der Waals surface area contributed by atoms with E-state index in [-0.39, 0.29) is 0 Å². The largest absolute Gasteiger partial charge is 0.496 e. The third-order valence-electron chi connectivity index (χ3n) is 2.67. The lowest BCUT2D eigenvalue weighted by molar-refractivity contribution is 0.409. The van der Waals surface area contributed by atoms with Crippen molar-refractivity contribution in [3.05, 3.63) is 28.2 Å². The zero-order valence-corrected chi connectivity index (χ0v) is 13.0. The Balaban J connectivity index is 2.28. The zero-order chi connectivity index (χ0) is 13.4. The highest BCUT2D eigenvalue weighted by molar-refractivity contribution is 9.10. The van der Waals surface area contributed by atoms with Gasteiger partial charge < -0.3 is 15.4 Å². The molecule has 0 aliphatic carbocycles. The van der Waals surface area contributed by atoms with E-state index in [0.29, 0.717) is 6.04 Å². The Labute approximate surface area is 118 Å². The standard InChI is InChI=1S/C14H23BrN2O/c1-11(2)17-9-8-16-7-6-12-10-13(15)4-5-14(12)18-3/h4-5,10-11,16-17H,6-9H2,1-3H3. The molecule has 1 aromatic carbocycles. The van der Waals surface area contributed by atoms with Crippen LogP contribution in [0.2, 0.25) is 0 Å². The first-order chi connectivity index (χ1) is 8.63. The second kappa shape index (κ2) is 8.51. The van der Waals surface area contributed by atoms with Gasteiger partial charge in [0.25, 0.3) is 0 Å². The minimum atomic E-state index is 0.553. The van der Waals surface area contributed by atoms with E-state index < -0.39 is 0 Å². The van der Waals surface area contributed by atoms with E-state index >= 15 is 0 Å². The molecule has 0 saturated heterocycles. The van der Waals surface area contributed by atoms with E-state index in [4.69, 9.17) is 4.74 Å². The van der Waals surface area contributed by atoms with Crippen LogP contribution in [0.3, 0.4) is 0 Å². The molecule has 0 radical (unpaired) electrons. The quantitative estimate of drug-likeness (QED) is 0.724. The molecular formula is C14H23BrN2O. The Morgan fingerprint density at radius 3 is 2.67 bits per heavy atom. The fourth-order valence-electron chi connectivity index (χ4n) is 1.74. The maximum Gasteiger partial charge on any atom is 0.122 e. The van der Waals surface area contributed by atoms with E-state index in [1.807, 2.05) is 12.1 Å². The van der Waals surface area contributed by atoms with Gasteiger partial charge in [-0.15, -0.1) is 0 Å². The van der Waals surface area contributed by atoms with Crippen LogP contribution in [0.5, 0.6) is 5.75 Å². The van der Waals surface area contributed by atoms with Gasteiger partial charge >= 0.3 is 0 Å². The second-order valence-corrected chi connectivity index (χ2v) is 5.48. The van der Waals surface area contributed by atoms with Crippen LogP contribution in [0.15, 0.2) is 22.7 Å². The molecule has 0 unspecified atom stereocenters. The monoisotopic (exact) mass is 314 g/mol. The van der Waals surface area contributed by atoms with Crippen molar-refractivity contribution in [1.82, 2.24) is 10.6 Å². The minimum Gasteiger partial charge on any atom is -0.496 e. The van der Waals surface area contributed by atoms with Crippen molar-refractivity contribution < 1.29 is 4.74 Å². The van der Waals surface area contributed by atoms with Crippen LogP contribution in [0.4, 0.5) is 0 Å². The highest BCUT2D eigenvalue weighted by Crippen LogP contribution is 2.22. The molecule has 0 aliphatic heterocycles. The molecule has 1 aromatic rings. The number of rotatable bonds is 8. The lowest BCUT2D eigenvalue weighted by Crippen LogP contribution is -2.32. The summed E-state index contributed by atoms with van der Waals surface area (Å²) < 4.78 is 6.45. The topological polar surface area (TPSA) is 33.3 Å². The van der Waals surface area contributed by atoms with Gasteiger partial charge in [0.05, 0.1) is 7.11 Å². The predicted octanol–water partition coefficient (Wildman–Crippen LogP) is 2.59. The molecule has 0 heterocycles. The van der Waals surface area contributed by atoms with Crippen molar-refractivity contribution in [2.24, 2.45) is 0 Å². The number of methoxy groups -OCH3 is 1. The molecule has 0 aromatic heterocycles. The van der Waals surface area contributed by atoms with E-state index in [0.717, 1.165) is 36.3 Å². The number of halogens is 1. The summed E-state index contributed by atoms with van der Waals surface area (Å²) in [7, 11) is 1.72. The Morgan fingerprint density at radius 1 is 1.22 bits per heavy atom. The molecule has 0 fully saturated rings. The fourth-order valence-corrected chi connectivity index (χ4v) is 2.15. The van der Waals surface area contributed by atoms with Crippen molar-refractivity contribution in [3.8, 4) is 5.75 Å². The van der Waals surface area contributed by atoms with E-state index in [1.54, 1.807) is 7.11 Å². The summed E-state index contributed by atoms with van der Waals surface area (Å²) >= 11 is 3.49. The average molecular weight is 315 g/mol. The van der Waals surface area contributed by atoms with Gasteiger partial charge in [-0.25, -0.2) is 0 Å². The van der Waals surface area contributed by atoms with Crippen molar-refractivity contribution in [3.63, 3.8) is 0 Å². The molecular weight excluding hydrogens is 292 g/mol. The van der Waals surface area contributed by atoms with Gasteiger partial charge in [-0.1, -0.05) is 29.8 Å². The SMILES string of the molecule is COc1ccc(Br)cc1CCNCCNC(C)C. The summed E-state index contributed by atoms with van der Waals surface area (Å²) in [4.78, 5) is 0. The van der Waals surface area contributed by atoms with Gasteiger partial charge in [0.15, 0.2) is 0 Å². The first kappa shape index (κ1) is 15.5. The van der Waals surface area contributed by atoms with Gasteiger partial charge in [0, 0.05) is 23.6 Å². The van der Waals surface area contributed by atoms with Crippen LogP contribution in [0, 0.1) is 0 Å². The van der Waals surface area contributed by atoms with Crippen molar-refractivity contribution >= 4 is 15.9 Å². The smallest absolute Gasteiger partial charge is 0.122 e. The summed E-state index contributed by atoms with van der Waals surface area (Å²) in [5, 5.41) is 6.81. The number of nitrogens with one attached hydrogen (secondary N) is 2. The van der Waals surface area contributed by atoms with Gasteiger partial charge in [0.2, 0.25) is 0 Å². The summed E-state index contributed by atoms with van der Waals surface area (Å²) in [6.45, 7) is 7.28. The molecule has 0 atom stereocenters. The molecule has 3 nitrogen and oxygen atoms in total. The average Bonchev–Trinajstić information content (AvgIpc) is 2.33. The van der Waals surface area contributed by atoms with Crippen LogP contribution in [-0.4, -0.2) is 32.8 Å². The molecule has 18 heavy (non-hydrogen) atoms. The van der Waals surface area contributed by atoms with Gasteiger partial charge in [0.1, 0.15) is 5.75 Å². The molecule has 0 bridgehead atoms. The van der Waals surface area contributed by atoms with Gasteiger partial charge in [-0.3, -0.25) is 0 Å². The number of benzene rings is 1. The minimum absolute atomic E-state index is 0.553. The summed E-state index contributed by atoms with van der Waals surface area (Å²) in [5.41, 5.74) is 1.23. The Bertz CT molecular complexity index is 356. The molecule has 4 heteroatoms. The Hall–Kier alpha value is -0.580. The molecule has 0 aliphatic rings. The van der Waals surface area contributed by atoms with Crippen LogP contribution >= 0.6 is 15.9 Å². The van der Waals surface area contributed by atoms with E-state index in [2.05, 4.69) is 46.5 Å². The van der Waals surface area contributed by atoms with Crippen LogP contribution in [0.1, 0.15) is 19.4 Å². The molecule has 1 rings (SSSR count). The highest BCUT2D eigenvalue weighted by atomic mass is 79.9. The van der Waals surface area contributed by atoms with Crippen LogP contribution in [-0.2, 0) is 6.42 Å². The van der Waals surface area contributed by atoms with Crippen molar-refractivity contribution in [1.29, 1.82) is 0 Å². The van der Waals surface area contributed by atoms with Gasteiger partial charge in [-0.05, 0) is 36.7 Å². The first-order valence-electron chi connectivity index (χ1n) is 6.40. The summed E-state index contributed by atoms with van der Waals surface area (Å²) in [5.74, 6) is 0.959. The number of hydrogen-bond acceptors (Lipinski definition) is 3. The molecule has 2 N–H and O–H groups in total. The summed E-state index contributed by atoms with van der Waals surface area (Å²) in [6, 6.07) is 6.67. The number of ether oxygens (including phenoxy) is 1. The van der Waals surface area contributed by atoms with Crippen LogP contribution in [0.25, 0.3) is 0 Å². The summed E-state index contributed by atoms with van der Waals surface area (Å²) in [6.07, 6.45) is 0.976. The maximum atomic E-state index is 5.35. The van der Waals surface area contributed by atoms with E-state index in [1.165, 1.54) is 5.56 Å². The van der Waals surface area contributed by atoms with Crippen molar-refractivity contribution in [2.45, 2.75) is 26.3 Å². The Kier molecular flexibility index (Phi) is 7.32. The lowest BCUT2D eigenvalue weighted by Gasteiger charge is -2.11. The fraction of sp³-hybridized carbons (Fsp3) is 0.571. The zero-order valence-electron chi connectivity index (χ0n) is 11.4. The maximum absolute atomic E-state index is 5.35. The van der Waals surface area contributed by atoms with Gasteiger partial charge in [-0.2, -0.15) is 0 Å². The molecule has 102 valence electrons. The highest BCUT2D eigenvalue weighted by Gasteiger charge is 2.03. The third-order valence-corrected chi connectivity index (χ3v) is 3.16. The van der Waals surface area contributed by atoms with Crippen molar-refractivity contribution in [2.75, 3.05) is 26.7 Å². The predicted molar refractivity (Wildman–Crippen MR) is 80.4 cm³/mol. The lowest BCUT2D eigenvalue weighted by atomic mass is 10.1. The Morgan fingerprint density at radius 2 is 2.00 bits per heavy atom. The molecule has 0 saturated carbocycles. The number of hydrogen-bond donors (Lipinski definition) is 2. The third kappa shape index (κ3) is 5.85. The second-order valence-electron chi connectivity index (χ2n) is 4.56.